The minimum atomic E-state index is -0.193. The van der Waals surface area contributed by atoms with Gasteiger partial charge in [0.15, 0.2) is 17.5 Å². The summed E-state index contributed by atoms with van der Waals surface area (Å²) in [4.78, 5) is 16.1. The predicted octanol–water partition coefficient (Wildman–Crippen LogP) is 2.18. The van der Waals surface area contributed by atoms with E-state index in [1.807, 2.05) is 13.0 Å². The maximum atomic E-state index is 11.9. The van der Waals surface area contributed by atoms with Crippen LogP contribution < -0.4 is 16.0 Å². The quantitative estimate of drug-likeness (QED) is 0.378. The lowest BCUT2D eigenvalue weighted by molar-refractivity contribution is 0.0925. The Morgan fingerprint density at radius 3 is 2.65 bits per heavy atom. The van der Waals surface area contributed by atoms with Crippen LogP contribution >= 0.6 is 0 Å². The number of aromatic nitrogens is 1. The number of nitrogens with zero attached hydrogens (tertiary/aromatic N) is 2. The van der Waals surface area contributed by atoms with E-state index in [0.29, 0.717) is 37.3 Å². The van der Waals surface area contributed by atoms with Gasteiger partial charge in [0.1, 0.15) is 0 Å². The Morgan fingerprint density at radius 2 is 2.04 bits per heavy atom. The minimum Gasteiger partial charge on any atom is -0.459 e. The zero-order valence-electron chi connectivity index (χ0n) is 15.8. The van der Waals surface area contributed by atoms with Crippen molar-refractivity contribution in [2.45, 2.75) is 39.7 Å². The first-order chi connectivity index (χ1) is 12.5. The number of hydrogen-bond acceptors (Lipinski definition) is 5. The van der Waals surface area contributed by atoms with E-state index < -0.39 is 0 Å². The summed E-state index contributed by atoms with van der Waals surface area (Å²) >= 11 is 0. The maximum absolute atomic E-state index is 11.9. The van der Waals surface area contributed by atoms with Gasteiger partial charge in [-0.05, 0) is 25.3 Å². The lowest BCUT2D eigenvalue weighted by Gasteiger charge is -2.10. The molecule has 2 aromatic rings. The first-order valence-corrected chi connectivity index (χ1v) is 8.73. The number of aliphatic imine (C=N–C) groups is 1. The van der Waals surface area contributed by atoms with Crippen LogP contribution in [0, 0.1) is 6.92 Å². The molecule has 0 radical (unpaired) electrons. The number of guanidine groups is 1. The van der Waals surface area contributed by atoms with Gasteiger partial charge in [0.2, 0.25) is 0 Å². The summed E-state index contributed by atoms with van der Waals surface area (Å²) < 4.78 is 10.4. The molecule has 0 aromatic carbocycles. The Balaban J connectivity index is 1.64. The molecule has 0 atom stereocenters. The highest BCUT2D eigenvalue weighted by atomic mass is 16.5. The van der Waals surface area contributed by atoms with Gasteiger partial charge >= 0.3 is 0 Å². The zero-order valence-corrected chi connectivity index (χ0v) is 15.8. The summed E-state index contributed by atoms with van der Waals surface area (Å²) in [6.45, 7) is 7.71. The van der Waals surface area contributed by atoms with Crippen molar-refractivity contribution in [3.8, 4) is 0 Å². The fourth-order valence-electron chi connectivity index (χ4n) is 2.26. The van der Waals surface area contributed by atoms with Crippen molar-refractivity contribution >= 4 is 11.9 Å². The molecule has 0 saturated heterocycles. The van der Waals surface area contributed by atoms with Crippen molar-refractivity contribution in [3.05, 3.63) is 41.2 Å². The Kier molecular flexibility index (Phi) is 7.25. The Hall–Kier alpha value is -2.77. The molecule has 2 aromatic heterocycles. The molecule has 8 heteroatoms. The van der Waals surface area contributed by atoms with E-state index in [4.69, 9.17) is 8.94 Å². The summed E-state index contributed by atoms with van der Waals surface area (Å²) in [5, 5.41) is 13.2. The highest BCUT2D eigenvalue weighted by Gasteiger charge is 2.11. The van der Waals surface area contributed by atoms with Crippen molar-refractivity contribution in [3.63, 3.8) is 0 Å². The predicted molar refractivity (Wildman–Crippen MR) is 99.2 cm³/mol. The molecule has 2 rings (SSSR count). The van der Waals surface area contributed by atoms with Gasteiger partial charge in [-0.1, -0.05) is 19.0 Å². The van der Waals surface area contributed by atoms with E-state index in [1.165, 1.54) is 6.26 Å². The molecule has 1 amide bonds. The number of hydrogen-bond donors (Lipinski definition) is 3. The number of carbonyl (C=O) groups excluding carboxylic acids is 1. The highest BCUT2D eigenvalue weighted by molar-refractivity contribution is 5.92. The fraction of sp³-hybridized carbons (Fsp3) is 0.500. The van der Waals surface area contributed by atoms with Crippen LogP contribution in [-0.2, 0) is 6.54 Å². The molecular formula is C18H27N5O3. The van der Waals surface area contributed by atoms with Crippen LogP contribution in [0.2, 0.25) is 0 Å². The van der Waals surface area contributed by atoms with Gasteiger partial charge in [0.25, 0.3) is 5.91 Å². The van der Waals surface area contributed by atoms with Gasteiger partial charge in [-0.15, -0.1) is 0 Å². The van der Waals surface area contributed by atoms with Crippen LogP contribution in [-0.4, -0.2) is 37.2 Å². The van der Waals surface area contributed by atoms with Crippen molar-refractivity contribution in [2.75, 3.05) is 20.1 Å². The Labute approximate surface area is 153 Å². The van der Waals surface area contributed by atoms with Crippen LogP contribution in [0.1, 0.15) is 53.8 Å². The van der Waals surface area contributed by atoms with Crippen molar-refractivity contribution in [2.24, 2.45) is 4.99 Å². The molecule has 0 aliphatic heterocycles. The average Bonchev–Trinajstić information content (AvgIpc) is 3.26. The topological polar surface area (TPSA) is 105 Å². The third-order valence-electron chi connectivity index (χ3n) is 3.82. The summed E-state index contributed by atoms with van der Waals surface area (Å²) in [7, 11) is 1.71. The molecule has 26 heavy (non-hydrogen) atoms. The Morgan fingerprint density at radius 1 is 1.27 bits per heavy atom. The van der Waals surface area contributed by atoms with Gasteiger partial charge in [0, 0.05) is 31.8 Å². The maximum Gasteiger partial charge on any atom is 0.287 e. The Bertz CT molecular complexity index is 733. The molecule has 8 nitrogen and oxygen atoms in total. The molecule has 0 unspecified atom stereocenters. The molecule has 3 N–H and O–H groups in total. The van der Waals surface area contributed by atoms with Crippen molar-refractivity contribution in [1.82, 2.24) is 21.1 Å². The molecule has 0 aliphatic carbocycles. The number of nitrogens with one attached hydrogen (secondary N) is 3. The summed E-state index contributed by atoms with van der Waals surface area (Å²) in [6, 6.07) is 3.71. The van der Waals surface area contributed by atoms with Gasteiger partial charge in [-0.25, -0.2) is 0 Å². The van der Waals surface area contributed by atoms with E-state index in [2.05, 4.69) is 39.9 Å². The van der Waals surface area contributed by atoms with E-state index in [-0.39, 0.29) is 5.91 Å². The molecule has 0 bridgehead atoms. The van der Waals surface area contributed by atoms with E-state index in [1.54, 1.807) is 13.1 Å². The number of amides is 1. The zero-order chi connectivity index (χ0) is 18.9. The average molecular weight is 361 g/mol. The first-order valence-electron chi connectivity index (χ1n) is 8.73. The van der Waals surface area contributed by atoms with Crippen LogP contribution in [0.4, 0.5) is 0 Å². The highest BCUT2D eigenvalue weighted by Crippen LogP contribution is 2.13. The standard InChI is InChI=1S/C18H27N5O3/c1-12(2)15-10-14(26-23-15)11-22-18(19-4)21-8-5-7-20-17(24)16-13(3)6-9-25-16/h6,9-10,12H,5,7-8,11H2,1-4H3,(H,20,24)(H2,19,21,22). The lowest BCUT2D eigenvalue weighted by atomic mass is 10.1. The van der Waals surface area contributed by atoms with E-state index in [0.717, 1.165) is 23.4 Å². The molecule has 0 aliphatic rings. The minimum absolute atomic E-state index is 0.193. The van der Waals surface area contributed by atoms with Gasteiger partial charge in [-0.3, -0.25) is 9.79 Å². The van der Waals surface area contributed by atoms with Crippen molar-refractivity contribution in [1.29, 1.82) is 0 Å². The number of carbonyl (C=O) groups is 1. The largest absolute Gasteiger partial charge is 0.459 e. The number of aryl methyl sites for hydroxylation is 1. The van der Waals surface area contributed by atoms with Crippen LogP contribution in [0.5, 0.6) is 0 Å². The summed E-state index contributed by atoms with van der Waals surface area (Å²) in [6.07, 6.45) is 2.27. The molecular weight excluding hydrogens is 334 g/mol. The summed E-state index contributed by atoms with van der Waals surface area (Å²) in [5.74, 6) is 1.94. The van der Waals surface area contributed by atoms with E-state index >= 15 is 0 Å². The third-order valence-corrected chi connectivity index (χ3v) is 3.82. The van der Waals surface area contributed by atoms with Gasteiger partial charge < -0.3 is 24.9 Å². The molecule has 2 heterocycles. The van der Waals surface area contributed by atoms with E-state index in [9.17, 15) is 4.79 Å². The van der Waals surface area contributed by atoms with Crippen molar-refractivity contribution < 1.29 is 13.7 Å². The fourth-order valence-corrected chi connectivity index (χ4v) is 2.26. The molecule has 0 spiro atoms. The second-order valence-electron chi connectivity index (χ2n) is 6.27. The lowest BCUT2D eigenvalue weighted by Crippen LogP contribution is -2.38. The van der Waals surface area contributed by atoms with Gasteiger partial charge in [0.05, 0.1) is 18.5 Å². The van der Waals surface area contributed by atoms with Crippen LogP contribution in [0.15, 0.2) is 32.3 Å². The second kappa shape index (κ2) is 9.65. The molecule has 0 saturated carbocycles. The molecule has 142 valence electrons. The third kappa shape index (κ3) is 5.65. The second-order valence-corrected chi connectivity index (χ2v) is 6.27. The smallest absolute Gasteiger partial charge is 0.287 e. The first kappa shape index (κ1) is 19.6. The van der Waals surface area contributed by atoms with Crippen LogP contribution in [0.25, 0.3) is 0 Å². The number of furan rings is 1. The normalized spacial score (nSPS) is 11.7. The van der Waals surface area contributed by atoms with Gasteiger partial charge in [-0.2, -0.15) is 0 Å². The summed E-state index contributed by atoms with van der Waals surface area (Å²) in [5.41, 5.74) is 1.77. The monoisotopic (exact) mass is 361 g/mol. The van der Waals surface area contributed by atoms with Crippen LogP contribution in [0.3, 0.4) is 0 Å². The molecule has 0 fully saturated rings. The number of rotatable bonds is 8. The SMILES string of the molecule is CN=C(NCCCNC(=O)c1occc1C)NCc1cc(C(C)C)no1.